The number of halogens is 3. The molecule has 1 aliphatic rings. The van der Waals surface area contributed by atoms with Crippen molar-refractivity contribution >= 4 is 5.91 Å². The van der Waals surface area contributed by atoms with Gasteiger partial charge in [0.2, 0.25) is 0 Å². The van der Waals surface area contributed by atoms with Gasteiger partial charge in [-0.15, -0.1) is 13.2 Å². The summed E-state index contributed by atoms with van der Waals surface area (Å²) in [6, 6.07) is 12.2. The molecule has 1 aliphatic heterocycles. The van der Waals surface area contributed by atoms with Gasteiger partial charge in [-0.3, -0.25) is 4.79 Å². The lowest BCUT2D eigenvalue weighted by Crippen LogP contribution is -2.42. The van der Waals surface area contributed by atoms with Crippen molar-refractivity contribution in [1.29, 1.82) is 0 Å². The van der Waals surface area contributed by atoms with Gasteiger partial charge < -0.3 is 29.0 Å². The smallest absolute Gasteiger partial charge is 0.406 e. The van der Waals surface area contributed by atoms with E-state index < -0.39 is 18.6 Å². The van der Waals surface area contributed by atoms with Gasteiger partial charge in [-0.25, -0.2) is 15.3 Å². The van der Waals surface area contributed by atoms with Crippen LogP contribution in [-0.2, 0) is 14.3 Å². The SMILES string of the molecule is CO.CO.COC1CCC(ONC(=O)c2ccc(-c3cn(-c4ccc(OC(F)(F)F)cc4)cn3)cc2)O[C@H]1C. The van der Waals surface area contributed by atoms with Crippen molar-refractivity contribution < 1.29 is 47.2 Å². The number of rotatable bonds is 7. The minimum absolute atomic E-state index is 0.00402. The zero-order valence-electron chi connectivity index (χ0n) is 21.9. The minimum atomic E-state index is -4.74. The summed E-state index contributed by atoms with van der Waals surface area (Å²) < 4.78 is 53.5. The number of benzene rings is 2. The highest BCUT2D eigenvalue weighted by Crippen LogP contribution is 2.25. The number of aliphatic hydroxyl groups excluding tert-OH is 2. The van der Waals surface area contributed by atoms with Crippen LogP contribution in [0.5, 0.6) is 5.75 Å². The second-order valence-corrected chi connectivity index (χ2v) is 7.96. The van der Waals surface area contributed by atoms with Crippen LogP contribution in [-0.4, -0.2) is 71.9 Å². The third kappa shape index (κ3) is 9.33. The topological polar surface area (TPSA) is 124 Å². The van der Waals surface area contributed by atoms with Crippen LogP contribution < -0.4 is 10.2 Å². The molecule has 0 bridgehead atoms. The van der Waals surface area contributed by atoms with Gasteiger partial charge in [-0.1, -0.05) is 12.1 Å². The van der Waals surface area contributed by atoms with Crippen molar-refractivity contribution in [3.05, 3.63) is 66.6 Å². The van der Waals surface area contributed by atoms with Crippen LogP contribution >= 0.6 is 0 Å². The van der Waals surface area contributed by atoms with Gasteiger partial charge in [-0.2, -0.15) is 0 Å². The largest absolute Gasteiger partial charge is 0.573 e. The van der Waals surface area contributed by atoms with Crippen LogP contribution in [0.1, 0.15) is 30.1 Å². The van der Waals surface area contributed by atoms with Gasteiger partial charge in [0.25, 0.3) is 5.91 Å². The van der Waals surface area contributed by atoms with Gasteiger partial charge in [-0.05, 0) is 49.7 Å². The number of methoxy groups -OCH3 is 1. The van der Waals surface area contributed by atoms with E-state index in [0.717, 1.165) is 26.2 Å². The Bertz CT molecular complexity index is 1140. The number of hydroxylamine groups is 1. The van der Waals surface area contributed by atoms with E-state index in [4.69, 9.17) is 24.5 Å². The number of nitrogens with zero attached hydrogens (tertiary/aromatic N) is 2. The van der Waals surface area contributed by atoms with Crippen molar-refractivity contribution in [2.75, 3.05) is 21.3 Å². The lowest BCUT2D eigenvalue weighted by Gasteiger charge is -2.33. The van der Waals surface area contributed by atoms with E-state index in [1.54, 1.807) is 48.5 Å². The summed E-state index contributed by atoms with van der Waals surface area (Å²) in [5, 5.41) is 14.0. The van der Waals surface area contributed by atoms with Gasteiger partial charge in [0.1, 0.15) is 5.75 Å². The Morgan fingerprint density at radius 2 is 1.69 bits per heavy atom. The number of alkyl halides is 3. The van der Waals surface area contributed by atoms with Crippen molar-refractivity contribution in [3.8, 4) is 22.7 Å². The quantitative estimate of drug-likeness (QED) is 0.376. The monoisotopic (exact) mass is 555 g/mol. The first-order valence-corrected chi connectivity index (χ1v) is 11.8. The summed E-state index contributed by atoms with van der Waals surface area (Å²) in [4.78, 5) is 22.2. The molecule has 2 heterocycles. The van der Waals surface area contributed by atoms with Gasteiger partial charge in [0.05, 0.1) is 24.2 Å². The van der Waals surface area contributed by atoms with E-state index in [2.05, 4.69) is 15.2 Å². The summed E-state index contributed by atoms with van der Waals surface area (Å²) in [5.74, 6) is -0.712. The van der Waals surface area contributed by atoms with E-state index in [0.29, 0.717) is 23.4 Å². The normalized spacial score (nSPS) is 18.6. The number of aliphatic hydroxyl groups is 2. The number of carbonyl (C=O) groups excluding carboxylic acids is 1. The standard InChI is InChI=1S/C24H24F3N3O5.2CH4O/c1-15-21(32-2)11-12-22(33-15)35-29-23(31)17-5-3-16(4-6-17)20-13-30(14-28-20)18-7-9-19(10-8-18)34-24(25,26)27;2*1-2/h3-10,13-15,21-22H,11-12H2,1-2H3,(H,29,31);2*2H,1H3/t15-,21?,22?;;/m0../s1. The number of imidazole rings is 1. The predicted octanol–water partition coefficient (Wildman–Crippen LogP) is 3.86. The average molecular weight is 556 g/mol. The second kappa shape index (κ2) is 15.2. The molecule has 2 unspecified atom stereocenters. The highest BCUT2D eigenvalue weighted by molar-refractivity contribution is 5.93. The highest BCUT2D eigenvalue weighted by atomic mass is 19.4. The molecule has 4 rings (SSSR count). The maximum atomic E-state index is 12.4. The van der Waals surface area contributed by atoms with E-state index in [1.165, 1.54) is 24.3 Å². The molecule has 3 atom stereocenters. The Balaban J connectivity index is 0.00000127. The fraction of sp³-hybridized carbons (Fsp3) is 0.385. The number of aromatic nitrogens is 2. The van der Waals surface area contributed by atoms with Crippen LogP contribution in [0.25, 0.3) is 16.9 Å². The van der Waals surface area contributed by atoms with Crippen LogP contribution in [0, 0.1) is 0 Å². The molecule has 2 aromatic carbocycles. The van der Waals surface area contributed by atoms with Crippen molar-refractivity contribution in [1.82, 2.24) is 15.0 Å². The molecule has 1 fully saturated rings. The van der Waals surface area contributed by atoms with Crippen LogP contribution in [0.2, 0.25) is 0 Å². The fourth-order valence-corrected chi connectivity index (χ4v) is 3.73. The first-order chi connectivity index (χ1) is 18.7. The van der Waals surface area contributed by atoms with E-state index in [-0.39, 0.29) is 18.0 Å². The number of amides is 1. The maximum absolute atomic E-state index is 12.4. The molecule has 0 radical (unpaired) electrons. The van der Waals surface area contributed by atoms with Crippen molar-refractivity contribution in [2.45, 2.75) is 44.6 Å². The number of hydrogen-bond acceptors (Lipinski definition) is 8. The first kappa shape index (κ1) is 31.7. The summed E-state index contributed by atoms with van der Waals surface area (Å²) >= 11 is 0. The Morgan fingerprint density at radius 1 is 1.05 bits per heavy atom. The highest BCUT2D eigenvalue weighted by Gasteiger charge is 2.31. The van der Waals surface area contributed by atoms with Crippen molar-refractivity contribution in [3.63, 3.8) is 0 Å². The lowest BCUT2D eigenvalue weighted by atomic mass is 10.1. The second-order valence-electron chi connectivity index (χ2n) is 7.96. The van der Waals surface area contributed by atoms with E-state index in [9.17, 15) is 18.0 Å². The molecular formula is C26H32F3N3O7. The molecule has 1 aromatic heterocycles. The molecule has 3 N–H and O–H groups in total. The lowest BCUT2D eigenvalue weighted by molar-refractivity contribution is -0.274. The third-order valence-corrected chi connectivity index (χ3v) is 5.56. The molecule has 1 saturated heterocycles. The Morgan fingerprint density at radius 3 is 2.26 bits per heavy atom. The molecular weight excluding hydrogens is 523 g/mol. The molecule has 39 heavy (non-hydrogen) atoms. The molecule has 214 valence electrons. The van der Waals surface area contributed by atoms with Crippen molar-refractivity contribution in [2.24, 2.45) is 0 Å². The van der Waals surface area contributed by atoms with Gasteiger partial charge in [0, 0.05) is 50.8 Å². The van der Waals surface area contributed by atoms with Crippen LogP contribution in [0.15, 0.2) is 61.1 Å². The molecule has 13 heteroatoms. The number of nitrogens with one attached hydrogen (secondary N) is 1. The van der Waals surface area contributed by atoms with Crippen LogP contribution in [0.4, 0.5) is 13.2 Å². The number of ether oxygens (including phenoxy) is 3. The Hall–Kier alpha value is -3.49. The first-order valence-electron chi connectivity index (χ1n) is 11.8. The minimum Gasteiger partial charge on any atom is -0.406 e. The summed E-state index contributed by atoms with van der Waals surface area (Å²) in [7, 11) is 3.63. The summed E-state index contributed by atoms with van der Waals surface area (Å²) in [6.45, 7) is 1.89. The summed E-state index contributed by atoms with van der Waals surface area (Å²) in [6.07, 6.45) is -0.777. The molecule has 10 nitrogen and oxygen atoms in total. The number of hydrogen-bond donors (Lipinski definition) is 3. The summed E-state index contributed by atoms with van der Waals surface area (Å²) in [5.41, 5.74) is 4.81. The maximum Gasteiger partial charge on any atom is 0.573 e. The Labute approximate surface area is 223 Å². The number of carbonyl (C=O) groups is 1. The van der Waals surface area contributed by atoms with Gasteiger partial charge >= 0.3 is 6.36 Å². The Kier molecular flexibility index (Phi) is 12.4. The van der Waals surface area contributed by atoms with Crippen LogP contribution in [0.3, 0.4) is 0 Å². The third-order valence-electron chi connectivity index (χ3n) is 5.56. The molecule has 0 saturated carbocycles. The van der Waals surface area contributed by atoms with E-state index >= 15 is 0 Å². The predicted molar refractivity (Wildman–Crippen MR) is 135 cm³/mol. The molecule has 0 spiro atoms. The van der Waals surface area contributed by atoms with E-state index in [1.807, 2.05) is 6.92 Å². The zero-order valence-corrected chi connectivity index (χ0v) is 21.9. The average Bonchev–Trinajstić information content (AvgIpc) is 3.44. The molecule has 0 aliphatic carbocycles. The van der Waals surface area contributed by atoms with Gasteiger partial charge in [0.15, 0.2) is 6.29 Å². The molecule has 1 amide bonds. The molecule has 3 aromatic rings. The fourth-order valence-electron chi connectivity index (χ4n) is 3.73. The zero-order chi connectivity index (χ0) is 29.0.